The van der Waals surface area contributed by atoms with Crippen molar-refractivity contribution in [3.8, 4) is 0 Å². The minimum Gasteiger partial charge on any atom is -0.393 e. The van der Waals surface area contributed by atoms with Crippen molar-refractivity contribution in [2.45, 2.75) is 26.4 Å². The van der Waals surface area contributed by atoms with E-state index in [0.717, 1.165) is 0 Å². The van der Waals surface area contributed by atoms with Crippen LogP contribution in [0.4, 0.5) is 10.1 Å². The molecule has 1 aromatic rings. The van der Waals surface area contributed by atoms with Crippen LogP contribution in [0, 0.1) is 12.7 Å². The molecule has 1 unspecified atom stereocenters. The normalized spacial score (nSPS) is 11.8. The third-order valence-electron chi connectivity index (χ3n) is 2.84. The molecule has 0 saturated heterocycles. The maximum atomic E-state index is 13.1. The number of halogens is 1. The zero-order valence-electron chi connectivity index (χ0n) is 11.8. The predicted octanol–water partition coefficient (Wildman–Crippen LogP) is 1.30. The molecule has 0 fully saturated rings. The van der Waals surface area contributed by atoms with Crippen molar-refractivity contribution in [3.05, 3.63) is 29.6 Å². The number of carbonyl (C=O) groups is 2. The first-order chi connectivity index (χ1) is 9.31. The molecule has 0 radical (unpaired) electrons. The molecule has 0 aliphatic rings. The summed E-state index contributed by atoms with van der Waals surface area (Å²) in [4.78, 5) is 24.7. The number of nitrogens with zero attached hydrogens (tertiary/aromatic N) is 1. The van der Waals surface area contributed by atoms with Gasteiger partial charge in [-0.05, 0) is 44.0 Å². The second-order valence-electron chi connectivity index (χ2n) is 4.78. The Morgan fingerprint density at radius 2 is 2.10 bits per heavy atom. The van der Waals surface area contributed by atoms with Gasteiger partial charge in [0, 0.05) is 19.3 Å². The number of anilines is 1. The maximum Gasteiger partial charge on any atom is 0.313 e. The number of aryl methyl sites for hydroxylation is 1. The molecule has 1 aromatic carbocycles. The van der Waals surface area contributed by atoms with Crippen LogP contribution in [0.25, 0.3) is 0 Å². The fourth-order valence-corrected chi connectivity index (χ4v) is 1.56. The number of carbonyl (C=O) groups excluding carboxylic acids is 2. The number of benzene rings is 1. The first-order valence-corrected chi connectivity index (χ1v) is 6.32. The molecule has 1 rings (SSSR count). The highest BCUT2D eigenvalue weighted by Gasteiger charge is 2.19. The van der Waals surface area contributed by atoms with Crippen LogP contribution in [0.3, 0.4) is 0 Å². The Kier molecular flexibility index (Phi) is 5.64. The van der Waals surface area contributed by atoms with E-state index >= 15 is 0 Å². The Morgan fingerprint density at radius 1 is 1.45 bits per heavy atom. The standard InChI is InChI=1S/C14H19FN2O3/c1-9-8-11(4-5-12(9)15)16-13(19)14(20)17(3)7-6-10(2)18/h4-5,8,10,18H,6-7H2,1-3H3,(H,16,19). The summed E-state index contributed by atoms with van der Waals surface area (Å²) in [6, 6.07) is 4.08. The summed E-state index contributed by atoms with van der Waals surface area (Å²) in [5.41, 5.74) is 0.754. The van der Waals surface area contributed by atoms with E-state index in [9.17, 15) is 14.0 Å². The van der Waals surface area contributed by atoms with Gasteiger partial charge in [0.05, 0.1) is 6.10 Å². The van der Waals surface area contributed by atoms with Crippen molar-refractivity contribution in [1.29, 1.82) is 0 Å². The molecule has 0 heterocycles. The molecule has 20 heavy (non-hydrogen) atoms. The van der Waals surface area contributed by atoms with Crippen molar-refractivity contribution >= 4 is 17.5 Å². The third-order valence-corrected chi connectivity index (χ3v) is 2.84. The third kappa shape index (κ3) is 4.62. The van der Waals surface area contributed by atoms with Crippen molar-refractivity contribution in [3.63, 3.8) is 0 Å². The highest BCUT2D eigenvalue weighted by molar-refractivity contribution is 6.39. The fourth-order valence-electron chi connectivity index (χ4n) is 1.56. The second kappa shape index (κ2) is 7.00. The van der Waals surface area contributed by atoms with E-state index < -0.39 is 17.9 Å². The lowest BCUT2D eigenvalue weighted by atomic mass is 10.2. The summed E-state index contributed by atoms with van der Waals surface area (Å²) in [7, 11) is 1.49. The summed E-state index contributed by atoms with van der Waals surface area (Å²) in [6.45, 7) is 3.47. The first kappa shape index (κ1) is 16.1. The van der Waals surface area contributed by atoms with E-state index in [1.807, 2.05) is 0 Å². The number of likely N-dealkylation sites (N-methyl/N-ethyl adjacent to an activating group) is 1. The Hall–Kier alpha value is -1.95. The molecule has 5 nitrogen and oxygen atoms in total. The molecule has 0 saturated carbocycles. The smallest absolute Gasteiger partial charge is 0.313 e. The number of hydrogen-bond donors (Lipinski definition) is 2. The monoisotopic (exact) mass is 282 g/mol. The molecule has 2 N–H and O–H groups in total. The van der Waals surface area contributed by atoms with E-state index in [4.69, 9.17) is 5.11 Å². The van der Waals surface area contributed by atoms with Crippen LogP contribution in [0.15, 0.2) is 18.2 Å². The quantitative estimate of drug-likeness (QED) is 0.818. The molecule has 0 spiro atoms. The Balaban J connectivity index is 2.61. The van der Waals surface area contributed by atoms with Gasteiger partial charge in [-0.1, -0.05) is 0 Å². The summed E-state index contributed by atoms with van der Waals surface area (Å²) in [5.74, 6) is -1.86. The van der Waals surface area contributed by atoms with Gasteiger partial charge in [0.25, 0.3) is 0 Å². The van der Waals surface area contributed by atoms with Crippen molar-refractivity contribution in [1.82, 2.24) is 4.90 Å². The van der Waals surface area contributed by atoms with Crippen molar-refractivity contribution in [2.24, 2.45) is 0 Å². The maximum absolute atomic E-state index is 13.1. The molecular formula is C14H19FN2O3. The van der Waals surface area contributed by atoms with Gasteiger partial charge in [0.15, 0.2) is 0 Å². The summed E-state index contributed by atoms with van der Waals surface area (Å²) in [6.07, 6.45) is -0.140. The Morgan fingerprint density at radius 3 is 2.65 bits per heavy atom. The number of nitrogens with one attached hydrogen (secondary N) is 1. The van der Waals surface area contributed by atoms with Gasteiger partial charge < -0.3 is 15.3 Å². The lowest BCUT2D eigenvalue weighted by Gasteiger charge is -2.17. The molecule has 0 bridgehead atoms. The molecule has 2 amide bonds. The highest BCUT2D eigenvalue weighted by atomic mass is 19.1. The van der Waals surface area contributed by atoms with Gasteiger partial charge in [0.2, 0.25) is 0 Å². The van der Waals surface area contributed by atoms with Crippen LogP contribution >= 0.6 is 0 Å². The van der Waals surface area contributed by atoms with Crippen LogP contribution in [0.1, 0.15) is 18.9 Å². The zero-order valence-corrected chi connectivity index (χ0v) is 11.8. The van der Waals surface area contributed by atoms with Crippen LogP contribution in [0.5, 0.6) is 0 Å². The number of aliphatic hydroxyl groups is 1. The molecule has 0 aromatic heterocycles. The second-order valence-corrected chi connectivity index (χ2v) is 4.78. The molecular weight excluding hydrogens is 263 g/mol. The Labute approximate surface area is 117 Å². The Bertz CT molecular complexity index is 503. The minimum atomic E-state index is -0.788. The average molecular weight is 282 g/mol. The van der Waals surface area contributed by atoms with Crippen molar-refractivity contribution in [2.75, 3.05) is 18.9 Å². The number of hydrogen-bond acceptors (Lipinski definition) is 3. The minimum absolute atomic E-state index is 0.284. The summed E-state index contributed by atoms with van der Waals surface area (Å²) < 4.78 is 13.1. The van der Waals surface area contributed by atoms with Crippen LogP contribution in [0.2, 0.25) is 0 Å². The number of rotatable bonds is 4. The predicted molar refractivity (Wildman–Crippen MR) is 73.7 cm³/mol. The van der Waals surface area contributed by atoms with Crippen LogP contribution in [-0.4, -0.2) is 41.5 Å². The average Bonchev–Trinajstić information content (AvgIpc) is 2.39. The number of aliphatic hydroxyl groups excluding tert-OH is 1. The van der Waals surface area contributed by atoms with E-state index in [2.05, 4.69) is 5.32 Å². The van der Waals surface area contributed by atoms with E-state index in [-0.39, 0.29) is 12.4 Å². The van der Waals surface area contributed by atoms with Gasteiger partial charge >= 0.3 is 11.8 Å². The lowest BCUT2D eigenvalue weighted by molar-refractivity contribution is -0.142. The van der Waals surface area contributed by atoms with Gasteiger partial charge in [-0.3, -0.25) is 9.59 Å². The highest BCUT2D eigenvalue weighted by Crippen LogP contribution is 2.13. The van der Waals surface area contributed by atoms with Crippen LogP contribution < -0.4 is 5.32 Å². The summed E-state index contributed by atoms with van der Waals surface area (Å²) in [5, 5.41) is 11.6. The van der Waals surface area contributed by atoms with Crippen LogP contribution in [-0.2, 0) is 9.59 Å². The molecule has 6 heteroatoms. The number of amides is 2. The molecule has 110 valence electrons. The van der Waals surface area contributed by atoms with Gasteiger partial charge in [-0.15, -0.1) is 0 Å². The first-order valence-electron chi connectivity index (χ1n) is 6.32. The van der Waals surface area contributed by atoms with E-state index in [1.165, 1.54) is 30.1 Å². The van der Waals surface area contributed by atoms with Gasteiger partial charge in [0.1, 0.15) is 5.82 Å². The summed E-state index contributed by atoms with van der Waals surface area (Å²) >= 11 is 0. The molecule has 0 aliphatic carbocycles. The zero-order chi connectivity index (χ0) is 15.3. The largest absolute Gasteiger partial charge is 0.393 e. The SMILES string of the molecule is Cc1cc(NC(=O)C(=O)N(C)CCC(C)O)ccc1F. The lowest BCUT2D eigenvalue weighted by Crippen LogP contribution is -2.38. The van der Waals surface area contributed by atoms with Crippen molar-refractivity contribution < 1.29 is 19.1 Å². The topological polar surface area (TPSA) is 69.6 Å². The van der Waals surface area contributed by atoms with Gasteiger partial charge in [-0.25, -0.2) is 4.39 Å². The molecule has 0 aliphatic heterocycles. The van der Waals surface area contributed by atoms with E-state index in [1.54, 1.807) is 13.8 Å². The van der Waals surface area contributed by atoms with Gasteiger partial charge in [-0.2, -0.15) is 0 Å². The fraction of sp³-hybridized carbons (Fsp3) is 0.429. The molecule has 1 atom stereocenters. The van der Waals surface area contributed by atoms with E-state index in [0.29, 0.717) is 17.7 Å².